The molecule has 0 atom stereocenters. The number of amides is 1. The maximum Gasteiger partial charge on any atom is 0.248 e. The summed E-state index contributed by atoms with van der Waals surface area (Å²) in [5.41, 5.74) is 5.44. The highest BCUT2D eigenvalue weighted by atomic mass is 16.5. The summed E-state index contributed by atoms with van der Waals surface area (Å²) in [4.78, 5) is 24.0. The van der Waals surface area contributed by atoms with E-state index < -0.39 is 0 Å². The van der Waals surface area contributed by atoms with Crippen molar-refractivity contribution in [3.05, 3.63) is 64.9 Å². The van der Waals surface area contributed by atoms with Crippen molar-refractivity contribution in [1.29, 1.82) is 0 Å². The van der Waals surface area contributed by atoms with Gasteiger partial charge in [-0.2, -0.15) is 0 Å². The van der Waals surface area contributed by atoms with E-state index in [1.165, 1.54) is 13.0 Å². The van der Waals surface area contributed by atoms with Crippen molar-refractivity contribution in [3.8, 4) is 5.75 Å². The number of hydrogen-bond donors (Lipinski definition) is 1. The van der Waals surface area contributed by atoms with Gasteiger partial charge in [0.25, 0.3) is 0 Å². The van der Waals surface area contributed by atoms with Crippen LogP contribution in [-0.4, -0.2) is 18.8 Å². The molecule has 144 valence electrons. The highest BCUT2D eigenvalue weighted by molar-refractivity contribution is 6.05. The third-order valence-corrected chi connectivity index (χ3v) is 4.75. The van der Waals surface area contributed by atoms with E-state index in [4.69, 9.17) is 9.15 Å². The molecule has 0 saturated heterocycles. The number of anilines is 1. The van der Waals surface area contributed by atoms with E-state index in [1.54, 1.807) is 37.6 Å². The summed E-state index contributed by atoms with van der Waals surface area (Å²) in [5.74, 6) is 0.357. The number of nitrogens with one attached hydrogen (secondary N) is 1. The average Bonchev–Trinajstić information content (AvgIpc) is 3.03. The molecular weight excluding hydrogens is 354 g/mol. The first-order valence-corrected chi connectivity index (χ1v) is 8.98. The number of ether oxygens (including phenoxy) is 1. The van der Waals surface area contributed by atoms with Crippen molar-refractivity contribution in [2.24, 2.45) is 0 Å². The molecule has 0 aliphatic heterocycles. The Labute approximate surface area is 164 Å². The number of fused-ring (bicyclic) bond motifs is 1. The molecule has 3 aromatic rings. The molecule has 28 heavy (non-hydrogen) atoms. The Morgan fingerprint density at radius 1 is 1.14 bits per heavy atom. The minimum absolute atomic E-state index is 0.0492. The van der Waals surface area contributed by atoms with E-state index in [2.05, 4.69) is 5.32 Å². The van der Waals surface area contributed by atoms with Crippen LogP contribution in [0.3, 0.4) is 0 Å². The molecular formula is C23H23NO4. The fourth-order valence-corrected chi connectivity index (χ4v) is 3.26. The van der Waals surface area contributed by atoms with Gasteiger partial charge in [0, 0.05) is 33.8 Å². The van der Waals surface area contributed by atoms with Crippen LogP contribution in [0.1, 0.15) is 40.9 Å². The van der Waals surface area contributed by atoms with Gasteiger partial charge in [0.15, 0.2) is 5.78 Å². The summed E-state index contributed by atoms with van der Waals surface area (Å²) >= 11 is 0. The number of aryl methyl sites for hydroxylation is 2. The summed E-state index contributed by atoms with van der Waals surface area (Å²) < 4.78 is 11.2. The quantitative estimate of drug-likeness (QED) is 0.484. The topological polar surface area (TPSA) is 68.5 Å². The third-order valence-electron chi connectivity index (χ3n) is 4.75. The second-order valence-electron chi connectivity index (χ2n) is 6.83. The van der Waals surface area contributed by atoms with Crippen molar-refractivity contribution in [2.45, 2.75) is 27.7 Å². The van der Waals surface area contributed by atoms with Crippen LogP contribution >= 0.6 is 0 Å². The van der Waals surface area contributed by atoms with Gasteiger partial charge in [-0.1, -0.05) is 12.1 Å². The van der Waals surface area contributed by atoms with E-state index in [0.717, 1.165) is 33.2 Å². The maximum atomic E-state index is 12.5. The van der Waals surface area contributed by atoms with Gasteiger partial charge in [-0.3, -0.25) is 9.59 Å². The van der Waals surface area contributed by atoms with Crippen molar-refractivity contribution in [3.63, 3.8) is 0 Å². The van der Waals surface area contributed by atoms with Crippen LogP contribution in [0.15, 0.2) is 47.1 Å². The first-order valence-electron chi connectivity index (χ1n) is 8.98. The molecule has 3 rings (SSSR count). The number of furan rings is 1. The minimum atomic E-state index is -0.276. The van der Waals surface area contributed by atoms with Gasteiger partial charge in [0.05, 0.1) is 13.4 Å². The fraction of sp³-hybridized carbons (Fsp3) is 0.217. The highest BCUT2D eigenvalue weighted by Crippen LogP contribution is 2.37. The molecule has 0 fully saturated rings. The van der Waals surface area contributed by atoms with Crippen LogP contribution < -0.4 is 10.1 Å². The van der Waals surface area contributed by atoms with E-state index in [0.29, 0.717) is 17.0 Å². The molecule has 5 nitrogen and oxygen atoms in total. The van der Waals surface area contributed by atoms with Crippen molar-refractivity contribution >= 4 is 33.9 Å². The second kappa shape index (κ2) is 7.72. The Kier molecular flexibility index (Phi) is 5.36. The van der Waals surface area contributed by atoms with Crippen molar-refractivity contribution < 1.29 is 18.7 Å². The van der Waals surface area contributed by atoms with Gasteiger partial charge in [0.2, 0.25) is 5.91 Å². The van der Waals surface area contributed by atoms with Crippen LogP contribution in [0.5, 0.6) is 5.75 Å². The number of allylic oxidation sites excluding steroid dienone is 1. The lowest BCUT2D eigenvalue weighted by Gasteiger charge is -2.13. The Bertz CT molecular complexity index is 1110. The van der Waals surface area contributed by atoms with Gasteiger partial charge in [-0.05, 0) is 57.0 Å². The molecule has 0 radical (unpaired) electrons. The van der Waals surface area contributed by atoms with Crippen molar-refractivity contribution in [2.75, 3.05) is 12.4 Å². The lowest BCUT2D eigenvalue weighted by molar-refractivity contribution is -0.111. The Hall–Kier alpha value is -3.34. The first kappa shape index (κ1) is 19.4. The average molecular weight is 377 g/mol. The number of hydrogen-bond acceptors (Lipinski definition) is 4. The lowest BCUT2D eigenvalue weighted by atomic mass is 9.98. The summed E-state index contributed by atoms with van der Waals surface area (Å²) in [6, 6.07) is 8.85. The molecule has 5 heteroatoms. The summed E-state index contributed by atoms with van der Waals surface area (Å²) in [6.07, 6.45) is 3.24. The van der Waals surface area contributed by atoms with E-state index >= 15 is 0 Å². The molecule has 1 N–H and O–H groups in total. The number of benzene rings is 2. The van der Waals surface area contributed by atoms with Gasteiger partial charge in [-0.15, -0.1) is 0 Å². The smallest absolute Gasteiger partial charge is 0.248 e. The molecule has 0 saturated carbocycles. The van der Waals surface area contributed by atoms with Crippen LogP contribution in [0.25, 0.3) is 16.5 Å². The standard InChI is InChI=1S/C23H23NO4/c1-13(9-21(26)24-18-8-6-7-17(10-18)16(4)25)19-11-20-14(2)12-28-23(20)15(3)22(19)27-5/h6-12H,1-5H3,(H,24,26)/b13-9+. The zero-order valence-corrected chi connectivity index (χ0v) is 16.7. The van der Waals surface area contributed by atoms with Gasteiger partial charge >= 0.3 is 0 Å². The number of carbonyl (C=O) groups is 2. The van der Waals surface area contributed by atoms with E-state index in [1.807, 2.05) is 26.8 Å². The molecule has 2 aromatic carbocycles. The first-order chi connectivity index (χ1) is 13.3. The normalized spacial score (nSPS) is 11.5. The zero-order chi connectivity index (χ0) is 20.4. The number of rotatable bonds is 5. The monoisotopic (exact) mass is 377 g/mol. The number of Topliss-reactive ketones (excluding diaryl/α,β-unsaturated/α-hetero) is 1. The largest absolute Gasteiger partial charge is 0.496 e. The molecule has 0 bridgehead atoms. The Morgan fingerprint density at radius 3 is 2.57 bits per heavy atom. The predicted molar refractivity (Wildman–Crippen MR) is 111 cm³/mol. The molecule has 0 aliphatic rings. The van der Waals surface area contributed by atoms with Crippen LogP contribution in [-0.2, 0) is 4.79 Å². The van der Waals surface area contributed by atoms with Gasteiger partial charge < -0.3 is 14.5 Å². The van der Waals surface area contributed by atoms with Crippen LogP contribution in [0.4, 0.5) is 5.69 Å². The predicted octanol–water partition coefficient (Wildman–Crippen LogP) is 5.30. The highest BCUT2D eigenvalue weighted by Gasteiger charge is 2.16. The number of methoxy groups -OCH3 is 1. The summed E-state index contributed by atoms with van der Waals surface area (Å²) in [6.45, 7) is 7.28. The zero-order valence-electron chi connectivity index (χ0n) is 16.7. The molecule has 1 amide bonds. The van der Waals surface area contributed by atoms with Crippen molar-refractivity contribution in [1.82, 2.24) is 0 Å². The molecule has 0 unspecified atom stereocenters. The minimum Gasteiger partial charge on any atom is -0.496 e. The third kappa shape index (κ3) is 3.69. The fourth-order valence-electron chi connectivity index (χ4n) is 3.26. The molecule has 0 aliphatic carbocycles. The van der Waals surface area contributed by atoms with E-state index in [9.17, 15) is 9.59 Å². The Morgan fingerprint density at radius 2 is 1.89 bits per heavy atom. The van der Waals surface area contributed by atoms with E-state index in [-0.39, 0.29) is 11.7 Å². The maximum absolute atomic E-state index is 12.5. The van der Waals surface area contributed by atoms with Gasteiger partial charge in [0.1, 0.15) is 11.3 Å². The number of ketones is 1. The van der Waals surface area contributed by atoms with Gasteiger partial charge in [-0.25, -0.2) is 0 Å². The molecule has 0 spiro atoms. The summed E-state index contributed by atoms with van der Waals surface area (Å²) in [5, 5.41) is 3.80. The molecule has 1 heterocycles. The molecule has 1 aromatic heterocycles. The SMILES string of the molecule is COc1c(/C(C)=C/C(=O)Nc2cccc(C(C)=O)c2)cc2c(C)coc2c1C. The Balaban J connectivity index is 1.94. The number of carbonyl (C=O) groups excluding carboxylic acids is 2. The van der Waals surface area contributed by atoms with Crippen LogP contribution in [0.2, 0.25) is 0 Å². The summed E-state index contributed by atoms with van der Waals surface area (Å²) in [7, 11) is 1.61. The van der Waals surface area contributed by atoms with Crippen LogP contribution in [0, 0.1) is 13.8 Å². The lowest BCUT2D eigenvalue weighted by Crippen LogP contribution is -2.09. The second-order valence-corrected chi connectivity index (χ2v) is 6.83.